The second kappa shape index (κ2) is 12.8. The Labute approximate surface area is 315 Å². The lowest BCUT2D eigenvalue weighted by molar-refractivity contribution is -0.222. The average molecular weight is 757 g/mol. The van der Waals surface area contributed by atoms with Crippen molar-refractivity contribution >= 4 is 23.1 Å². The minimum absolute atomic E-state index is 0.0135. The molecule has 0 aliphatic heterocycles. The quantitative estimate of drug-likeness (QED) is 0.222. The molecule has 298 valence electrons. The molecule has 0 unspecified atom stereocenters. The maximum Gasteiger partial charge on any atom is 0.192 e. The lowest BCUT2D eigenvalue weighted by Gasteiger charge is -2.62. The van der Waals surface area contributed by atoms with Gasteiger partial charge in [0.1, 0.15) is 18.8 Å². The number of aliphatic hydroxyl groups excluding tert-OH is 5. The summed E-state index contributed by atoms with van der Waals surface area (Å²) >= 11 is 0. The van der Waals surface area contributed by atoms with Gasteiger partial charge in [-0.1, -0.05) is 38.0 Å². The molecule has 0 aromatic heterocycles. The average Bonchev–Trinajstić information content (AvgIpc) is 3.51. The van der Waals surface area contributed by atoms with Gasteiger partial charge in [0.25, 0.3) is 0 Å². The fourth-order valence-corrected chi connectivity index (χ4v) is 14.1. The van der Waals surface area contributed by atoms with E-state index in [4.69, 9.17) is 0 Å². The summed E-state index contributed by atoms with van der Waals surface area (Å²) in [6, 6.07) is 0. The minimum atomic E-state index is -2.23. The van der Waals surface area contributed by atoms with Crippen LogP contribution >= 0.6 is 0 Å². The highest BCUT2D eigenvalue weighted by Gasteiger charge is 2.76. The van der Waals surface area contributed by atoms with Gasteiger partial charge >= 0.3 is 0 Å². The normalized spacial score (nSPS) is 51.6. The molecule has 0 heterocycles. The summed E-state index contributed by atoms with van der Waals surface area (Å²) in [6.45, 7) is 5.79. The van der Waals surface area contributed by atoms with E-state index in [1.54, 1.807) is 19.9 Å². The molecular weight excluding hydrogens is 699 g/mol. The van der Waals surface area contributed by atoms with Crippen molar-refractivity contribution < 1.29 is 59.3 Å². The van der Waals surface area contributed by atoms with Crippen LogP contribution < -0.4 is 0 Å². The Kier molecular flexibility index (Phi) is 9.41. The van der Waals surface area contributed by atoms with E-state index in [0.717, 1.165) is 25.7 Å². The summed E-state index contributed by atoms with van der Waals surface area (Å²) < 4.78 is 16.8. The van der Waals surface area contributed by atoms with Gasteiger partial charge in [0.05, 0.1) is 18.3 Å². The molecule has 0 radical (unpaired) electrons. The van der Waals surface area contributed by atoms with E-state index in [1.807, 2.05) is 6.92 Å². The Hall–Kier alpha value is -2.45. The molecule has 0 spiro atoms. The van der Waals surface area contributed by atoms with E-state index < -0.39 is 88.0 Å². The number of alkyl halides is 1. The first-order chi connectivity index (χ1) is 25.1. The van der Waals surface area contributed by atoms with Crippen molar-refractivity contribution in [3.05, 3.63) is 35.5 Å². The number of carbonyl (C=O) groups excluding carboxylic acids is 4. The lowest BCUT2D eigenvalue weighted by atomic mass is 9.44. The Bertz CT molecular complexity index is 1740. The van der Waals surface area contributed by atoms with Crippen molar-refractivity contribution in [1.82, 2.24) is 0 Å². The third kappa shape index (κ3) is 4.89. The van der Waals surface area contributed by atoms with Gasteiger partial charge in [0, 0.05) is 28.6 Å². The topological polar surface area (TPSA) is 210 Å². The first-order valence-corrected chi connectivity index (χ1v) is 19.8. The molecule has 0 aromatic rings. The Morgan fingerprint density at radius 3 is 2.11 bits per heavy atom. The van der Waals surface area contributed by atoms with E-state index in [2.05, 4.69) is 6.92 Å². The second-order valence-corrected chi connectivity index (χ2v) is 18.9. The predicted octanol–water partition coefficient (Wildman–Crippen LogP) is 2.40. The van der Waals surface area contributed by atoms with E-state index >= 15 is 4.39 Å². The molecule has 11 nitrogen and oxygen atoms in total. The van der Waals surface area contributed by atoms with E-state index in [1.165, 1.54) is 23.8 Å². The molecule has 0 bridgehead atoms. The van der Waals surface area contributed by atoms with E-state index in [0.29, 0.717) is 37.7 Å². The van der Waals surface area contributed by atoms with Gasteiger partial charge in [-0.15, -0.1) is 0 Å². The van der Waals surface area contributed by atoms with Crippen LogP contribution in [-0.4, -0.2) is 107 Å². The summed E-state index contributed by atoms with van der Waals surface area (Å²) in [7, 11) is 0. The highest BCUT2D eigenvalue weighted by molar-refractivity contribution is 6.01. The van der Waals surface area contributed by atoms with Crippen molar-refractivity contribution in [1.29, 1.82) is 0 Å². The van der Waals surface area contributed by atoms with Gasteiger partial charge < -0.3 is 35.7 Å². The SMILES string of the molecule is C[C@]12C=CC(=O)C=C1CC[C@H]1[C@@H]3C[C@@H](O)[C@](O)(C(=O)CO)[C@@]3(C)C[C@H](O)[C@@]12F.C[C@]12CCC(=O)C=C1CC[C@@H]1[C@@H]2[C@@H](O)C[C@@]2(C)[C@H]1CC[C@]2(O)C(=O)CO. The van der Waals surface area contributed by atoms with Gasteiger partial charge in [-0.3, -0.25) is 19.2 Å². The molecule has 0 saturated heterocycles. The summed E-state index contributed by atoms with van der Waals surface area (Å²) in [6.07, 6.45) is 7.66. The number of fused-ring (bicyclic) bond motifs is 10. The molecular formula is C42H57FO11. The molecule has 0 aromatic carbocycles. The summed E-state index contributed by atoms with van der Waals surface area (Å²) in [5.41, 5.74) is -7.35. The van der Waals surface area contributed by atoms with E-state index in [-0.39, 0.29) is 47.6 Å². The Morgan fingerprint density at radius 2 is 1.44 bits per heavy atom. The molecule has 12 heteroatoms. The van der Waals surface area contributed by atoms with Crippen LogP contribution in [0, 0.1) is 51.2 Å². The van der Waals surface area contributed by atoms with Gasteiger partial charge in [0.2, 0.25) is 0 Å². The third-order valence-corrected chi connectivity index (χ3v) is 17.1. The number of aliphatic hydroxyl groups is 7. The summed E-state index contributed by atoms with van der Waals surface area (Å²) in [5.74, 6) is -2.24. The van der Waals surface area contributed by atoms with Crippen molar-refractivity contribution in [2.24, 2.45) is 51.2 Å². The number of carbonyl (C=O) groups is 4. The maximum absolute atomic E-state index is 16.8. The fourth-order valence-electron chi connectivity index (χ4n) is 14.1. The van der Waals surface area contributed by atoms with Crippen LogP contribution in [0.15, 0.2) is 35.5 Å². The van der Waals surface area contributed by atoms with Crippen molar-refractivity contribution in [3.8, 4) is 0 Å². The highest BCUT2D eigenvalue weighted by atomic mass is 19.1. The van der Waals surface area contributed by atoms with Crippen LogP contribution in [0.1, 0.15) is 98.3 Å². The van der Waals surface area contributed by atoms with Crippen molar-refractivity contribution in [2.75, 3.05) is 13.2 Å². The lowest BCUT2D eigenvalue weighted by Crippen LogP contribution is -2.69. The maximum atomic E-state index is 16.8. The summed E-state index contributed by atoms with van der Waals surface area (Å²) in [4.78, 5) is 48.4. The molecule has 15 atom stereocenters. The molecule has 0 amide bonds. The zero-order valence-corrected chi connectivity index (χ0v) is 31.8. The number of allylic oxidation sites excluding steroid dienone is 5. The minimum Gasteiger partial charge on any atom is -0.393 e. The fraction of sp³-hybridized carbons (Fsp3) is 0.762. The van der Waals surface area contributed by atoms with Gasteiger partial charge in [-0.2, -0.15) is 0 Å². The second-order valence-electron chi connectivity index (χ2n) is 18.9. The monoisotopic (exact) mass is 756 g/mol. The third-order valence-electron chi connectivity index (χ3n) is 17.1. The van der Waals surface area contributed by atoms with Gasteiger partial charge in [0.15, 0.2) is 34.4 Å². The largest absolute Gasteiger partial charge is 0.393 e. The number of ketones is 4. The van der Waals surface area contributed by atoms with Crippen LogP contribution in [0.25, 0.3) is 0 Å². The first-order valence-electron chi connectivity index (χ1n) is 19.8. The number of hydrogen-bond acceptors (Lipinski definition) is 11. The van der Waals surface area contributed by atoms with Gasteiger partial charge in [-0.05, 0) is 118 Å². The number of rotatable bonds is 4. The Morgan fingerprint density at radius 1 is 0.778 bits per heavy atom. The molecule has 8 aliphatic carbocycles. The molecule has 8 aliphatic rings. The van der Waals surface area contributed by atoms with Crippen LogP contribution in [-0.2, 0) is 19.2 Å². The van der Waals surface area contributed by atoms with Crippen LogP contribution in [0.5, 0.6) is 0 Å². The molecule has 6 fully saturated rings. The molecule has 54 heavy (non-hydrogen) atoms. The number of halogens is 1. The molecule has 8 rings (SSSR count). The summed E-state index contributed by atoms with van der Waals surface area (Å²) in [5, 5.41) is 73.8. The zero-order chi connectivity index (χ0) is 39.6. The van der Waals surface area contributed by atoms with Crippen LogP contribution in [0.3, 0.4) is 0 Å². The first kappa shape index (κ1) is 39.8. The number of hydrogen-bond donors (Lipinski definition) is 7. The van der Waals surface area contributed by atoms with E-state index in [9.17, 15) is 54.9 Å². The zero-order valence-electron chi connectivity index (χ0n) is 31.8. The van der Waals surface area contributed by atoms with Crippen LogP contribution in [0.2, 0.25) is 0 Å². The van der Waals surface area contributed by atoms with Crippen LogP contribution in [0.4, 0.5) is 4.39 Å². The Balaban J connectivity index is 0.000000167. The predicted molar refractivity (Wildman–Crippen MR) is 192 cm³/mol. The number of Topliss-reactive ketones (excluding diaryl/α,β-unsaturated/α-hetero) is 2. The standard InChI is InChI=1S/C21H27FO6.C21H30O5/c1-18-6-5-12(24)7-11(18)3-4-13-14-8-15(25)21(28,17(27)10-23)19(14,2)9-16(26)20(13,18)22;1-19-7-5-13(23)9-12(19)3-4-14-15-6-8-21(26,17(25)11-22)20(15,2)10-16(24)18(14)19/h5-7,13-16,23,25-26,28H,3-4,8-10H2,1-2H3;9,14-16,18,22,24,26H,3-8,10-11H2,1-2H3/t13-,14-,15+,16-,18-,19-,20-,21-;14-,15-,16-,18+,19-,20-,21-/m00/s1. The smallest absolute Gasteiger partial charge is 0.192 e. The molecule has 7 N–H and O–H groups in total. The van der Waals surface area contributed by atoms with Crippen molar-refractivity contribution in [3.63, 3.8) is 0 Å². The molecule has 6 saturated carbocycles. The van der Waals surface area contributed by atoms with Crippen molar-refractivity contribution in [2.45, 2.75) is 134 Å². The highest BCUT2D eigenvalue weighted by Crippen LogP contribution is 2.70. The van der Waals surface area contributed by atoms with Gasteiger partial charge in [-0.25, -0.2) is 4.39 Å².